The highest BCUT2D eigenvalue weighted by Crippen LogP contribution is 2.20. The van der Waals surface area contributed by atoms with Crippen molar-refractivity contribution in [1.82, 2.24) is 9.36 Å². The van der Waals surface area contributed by atoms with Crippen molar-refractivity contribution in [2.75, 3.05) is 31.9 Å². The molecule has 1 heterocycles. The lowest BCUT2D eigenvalue weighted by Gasteiger charge is -2.09. The van der Waals surface area contributed by atoms with Crippen molar-refractivity contribution in [3.05, 3.63) is 59.7 Å². The maximum atomic E-state index is 12.3. The molecular weight excluding hydrogens is 448 g/mol. The molecule has 0 fully saturated rings. The average Bonchev–Trinajstić information content (AvgIpc) is 3.29. The fraction of sp³-hybridized carbons (Fsp3) is 0.182. The topological polar surface area (TPSA) is 106 Å². The summed E-state index contributed by atoms with van der Waals surface area (Å²) in [6.45, 7) is 0.754. The van der Waals surface area contributed by atoms with Crippen LogP contribution in [0.2, 0.25) is 0 Å². The summed E-state index contributed by atoms with van der Waals surface area (Å²) in [7, 11) is 1.61. The Balaban J connectivity index is 1.50. The van der Waals surface area contributed by atoms with E-state index >= 15 is 0 Å². The van der Waals surface area contributed by atoms with Crippen molar-refractivity contribution in [3.63, 3.8) is 0 Å². The van der Waals surface area contributed by atoms with E-state index in [1.165, 1.54) is 17.8 Å². The predicted octanol–water partition coefficient (Wildman–Crippen LogP) is 4.27. The summed E-state index contributed by atoms with van der Waals surface area (Å²) >= 11 is 2.44. The van der Waals surface area contributed by atoms with E-state index in [2.05, 4.69) is 14.7 Å². The molecule has 0 unspecified atom stereocenters. The van der Waals surface area contributed by atoms with Gasteiger partial charge in [-0.1, -0.05) is 23.9 Å². The Morgan fingerprint density at radius 2 is 1.69 bits per heavy atom. The number of carbonyl (C=O) groups excluding carboxylic acids is 1. The standard InChI is InChI=1S/C22H20N4O4S2/c1-28-17-7-9-19(10-8-17)30-12-11-29-18-5-3-15(4-6-18)13-16(14-23)20(27)24-21-25-22(31-2)26-32-21/h3-10,13H,11-12H2,1-2H3,(H,24,25,26,27). The fourth-order valence-corrected chi connectivity index (χ4v) is 3.60. The third kappa shape index (κ3) is 6.73. The first-order valence-corrected chi connectivity index (χ1v) is 11.4. The molecular formula is C22H20N4O4S2. The molecule has 1 aromatic heterocycles. The van der Waals surface area contributed by atoms with Crippen molar-refractivity contribution in [2.45, 2.75) is 5.16 Å². The van der Waals surface area contributed by atoms with Gasteiger partial charge in [-0.3, -0.25) is 10.1 Å². The molecule has 0 aliphatic heterocycles. The number of thioether (sulfide) groups is 1. The van der Waals surface area contributed by atoms with Gasteiger partial charge in [-0.2, -0.15) is 14.6 Å². The fourth-order valence-electron chi connectivity index (χ4n) is 2.47. The molecule has 32 heavy (non-hydrogen) atoms. The lowest BCUT2D eigenvalue weighted by Crippen LogP contribution is -2.13. The van der Waals surface area contributed by atoms with Crippen LogP contribution in [0, 0.1) is 11.3 Å². The van der Waals surface area contributed by atoms with Crippen LogP contribution in [0.1, 0.15) is 5.56 Å². The number of methoxy groups -OCH3 is 1. The Hall–Kier alpha value is -3.55. The van der Waals surface area contributed by atoms with Crippen LogP contribution in [-0.4, -0.2) is 41.8 Å². The van der Waals surface area contributed by atoms with Gasteiger partial charge in [0.15, 0.2) is 0 Å². The molecule has 0 radical (unpaired) electrons. The minimum atomic E-state index is -0.535. The largest absolute Gasteiger partial charge is 0.497 e. The number of rotatable bonds is 10. The zero-order chi connectivity index (χ0) is 22.8. The average molecular weight is 469 g/mol. The van der Waals surface area contributed by atoms with Crippen molar-refractivity contribution in [2.24, 2.45) is 0 Å². The Morgan fingerprint density at radius 3 is 2.22 bits per heavy atom. The maximum Gasteiger partial charge on any atom is 0.268 e. The van der Waals surface area contributed by atoms with Gasteiger partial charge >= 0.3 is 0 Å². The van der Waals surface area contributed by atoms with Crippen molar-refractivity contribution in [1.29, 1.82) is 5.26 Å². The minimum Gasteiger partial charge on any atom is -0.497 e. The second kappa shape index (κ2) is 11.7. The maximum absolute atomic E-state index is 12.3. The van der Waals surface area contributed by atoms with Crippen LogP contribution < -0.4 is 19.5 Å². The summed E-state index contributed by atoms with van der Waals surface area (Å²) in [5.74, 6) is 1.62. The number of nitriles is 1. The Bertz CT molecular complexity index is 1110. The van der Waals surface area contributed by atoms with Gasteiger partial charge in [-0.25, -0.2) is 0 Å². The number of anilines is 1. The number of amides is 1. The predicted molar refractivity (Wildman–Crippen MR) is 124 cm³/mol. The smallest absolute Gasteiger partial charge is 0.268 e. The lowest BCUT2D eigenvalue weighted by atomic mass is 10.1. The molecule has 1 amide bonds. The highest BCUT2D eigenvalue weighted by molar-refractivity contribution is 7.98. The van der Waals surface area contributed by atoms with E-state index in [1.54, 1.807) is 31.4 Å². The number of aromatic nitrogens is 2. The summed E-state index contributed by atoms with van der Waals surface area (Å²) < 4.78 is 20.5. The third-order valence-electron chi connectivity index (χ3n) is 4.05. The van der Waals surface area contributed by atoms with Gasteiger partial charge in [-0.05, 0) is 54.3 Å². The number of carbonyl (C=O) groups is 1. The number of hydrogen-bond donors (Lipinski definition) is 1. The van der Waals surface area contributed by atoms with E-state index in [0.29, 0.717) is 34.8 Å². The van der Waals surface area contributed by atoms with E-state index in [9.17, 15) is 10.1 Å². The van der Waals surface area contributed by atoms with E-state index in [4.69, 9.17) is 14.2 Å². The second-order valence-corrected chi connectivity index (χ2v) is 7.68. The molecule has 0 atom stereocenters. The van der Waals surface area contributed by atoms with Gasteiger partial charge in [0.25, 0.3) is 5.91 Å². The summed E-state index contributed by atoms with van der Waals surface area (Å²) in [4.78, 5) is 16.5. The normalized spacial score (nSPS) is 10.8. The summed E-state index contributed by atoms with van der Waals surface area (Å²) in [5.41, 5.74) is 0.660. The quantitative estimate of drug-likeness (QED) is 0.203. The van der Waals surface area contributed by atoms with Gasteiger partial charge in [0.2, 0.25) is 10.3 Å². The first-order chi connectivity index (χ1) is 15.6. The molecule has 0 saturated heterocycles. The number of benzene rings is 2. The summed E-state index contributed by atoms with van der Waals surface area (Å²) in [5, 5.41) is 12.9. The van der Waals surface area contributed by atoms with Crippen LogP contribution in [0.15, 0.2) is 59.3 Å². The molecule has 0 spiro atoms. The van der Waals surface area contributed by atoms with Gasteiger partial charge in [0, 0.05) is 11.5 Å². The minimum absolute atomic E-state index is 0.0348. The van der Waals surface area contributed by atoms with Gasteiger partial charge in [-0.15, -0.1) is 0 Å². The van der Waals surface area contributed by atoms with E-state index in [-0.39, 0.29) is 5.57 Å². The van der Waals surface area contributed by atoms with Gasteiger partial charge in [0.05, 0.1) is 7.11 Å². The number of ether oxygens (including phenoxy) is 3. The molecule has 3 rings (SSSR count). The molecule has 8 nitrogen and oxygen atoms in total. The molecule has 0 bridgehead atoms. The van der Waals surface area contributed by atoms with Crippen molar-refractivity contribution >= 4 is 40.4 Å². The lowest BCUT2D eigenvalue weighted by molar-refractivity contribution is -0.112. The van der Waals surface area contributed by atoms with Crippen LogP contribution >= 0.6 is 23.3 Å². The molecule has 3 aromatic rings. The number of nitrogens with one attached hydrogen (secondary N) is 1. The Morgan fingerprint density at radius 1 is 1.09 bits per heavy atom. The van der Waals surface area contributed by atoms with Crippen LogP contribution in [0.25, 0.3) is 6.08 Å². The molecule has 164 valence electrons. The summed E-state index contributed by atoms with van der Waals surface area (Å²) in [6.07, 6.45) is 3.35. The van der Waals surface area contributed by atoms with Crippen molar-refractivity contribution < 1.29 is 19.0 Å². The van der Waals surface area contributed by atoms with Gasteiger partial charge < -0.3 is 14.2 Å². The second-order valence-electron chi connectivity index (χ2n) is 6.15. The molecule has 0 aliphatic carbocycles. The van der Waals surface area contributed by atoms with Crippen LogP contribution in [0.3, 0.4) is 0 Å². The first-order valence-electron chi connectivity index (χ1n) is 9.42. The monoisotopic (exact) mass is 468 g/mol. The van der Waals surface area contributed by atoms with E-state index in [0.717, 1.165) is 23.0 Å². The number of hydrogen-bond acceptors (Lipinski definition) is 9. The highest BCUT2D eigenvalue weighted by Gasteiger charge is 2.12. The number of nitrogens with zero attached hydrogens (tertiary/aromatic N) is 3. The highest BCUT2D eigenvalue weighted by atomic mass is 32.2. The van der Waals surface area contributed by atoms with E-state index in [1.807, 2.05) is 36.6 Å². The van der Waals surface area contributed by atoms with Gasteiger partial charge in [0.1, 0.15) is 42.1 Å². The molecule has 2 aromatic carbocycles. The van der Waals surface area contributed by atoms with E-state index < -0.39 is 5.91 Å². The molecule has 0 saturated carbocycles. The Labute approximate surface area is 194 Å². The first kappa shape index (κ1) is 23.1. The molecule has 0 aliphatic rings. The van der Waals surface area contributed by atoms with Crippen LogP contribution in [0.4, 0.5) is 5.13 Å². The molecule has 1 N–H and O–H groups in total. The zero-order valence-corrected chi connectivity index (χ0v) is 19.0. The van der Waals surface area contributed by atoms with Crippen molar-refractivity contribution in [3.8, 4) is 23.3 Å². The summed E-state index contributed by atoms with van der Waals surface area (Å²) in [6, 6.07) is 16.3. The van der Waals surface area contributed by atoms with Crippen LogP contribution in [-0.2, 0) is 4.79 Å². The zero-order valence-electron chi connectivity index (χ0n) is 17.4. The Kier molecular flexibility index (Phi) is 8.48. The van der Waals surface area contributed by atoms with Crippen LogP contribution in [0.5, 0.6) is 17.2 Å². The third-order valence-corrected chi connectivity index (χ3v) is 5.34. The molecule has 10 heteroatoms. The SMILES string of the molecule is COc1ccc(OCCOc2ccc(C=C(C#N)C(=O)Nc3nc(SC)ns3)cc2)cc1.